The van der Waals surface area contributed by atoms with Crippen LogP contribution in [-0.4, -0.2) is 54.7 Å². The van der Waals surface area contributed by atoms with E-state index in [9.17, 15) is 9.50 Å². The summed E-state index contributed by atoms with van der Waals surface area (Å²) in [5, 5.41) is 29.2. The van der Waals surface area contributed by atoms with Crippen LogP contribution < -0.4 is 10.2 Å². The molecular formula is C22H28FN7O. The fourth-order valence-corrected chi connectivity index (χ4v) is 4.63. The van der Waals surface area contributed by atoms with E-state index in [0.717, 1.165) is 12.8 Å². The van der Waals surface area contributed by atoms with Crippen molar-refractivity contribution in [2.45, 2.75) is 57.7 Å². The molecule has 164 valence electrons. The number of phenolic OH excluding ortho intramolecular Hbond substituents is 1. The largest absolute Gasteiger partial charge is 0.507 e. The summed E-state index contributed by atoms with van der Waals surface area (Å²) in [5.41, 5.74) is 1.13. The Balaban J connectivity index is 1.58. The van der Waals surface area contributed by atoms with Crippen LogP contribution in [0.3, 0.4) is 0 Å². The van der Waals surface area contributed by atoms with Crippen LogP contribution in [0.25, 0.3) is 22.5 Å². The molecule has 31 heavy (non-hydrogen) atoms. The molecule has 0 saturated carbocycles. The average Bonchev–Trinajstić information content (AvgIpc) is 3.21. The molecule has 0 bridgehead atoms. The number of anilines is 1. The number of aromatic hydroxyl groups is 1. The van der Waals surface area contributed by atoms with Crippen molar-refractivity contribution in [2.75, 3.05) is 11.9 Å². The van der Waals surface area contributed by atoms with Crippen molar-refractivity contribution in [3.05, 3.63) is 36.4 Å². The third-order valence-corrected chi connectivity index (χ3v) is 5.72. The van der Waals surface area contributed by atoms with Gasteiger partial charge < -0.3 is 15.3 Å². The zero-order chi connectivity index (χ0) is 22.4. The Morgan fingerprint density at radius 1 is 1.06 bits per heavy atom. The summed E-state index contributed by atoms with van der Waals surface area (Å²) in [6.45, 7) is 8.78. The summed E-state index contributed by atoms with van der Waals surface area (Å²) in [5.74, 6) is -0.129. The number of H-pyrrole nitrogens is 1. The van der Waals surface area contributed by atoms with Gasteiger partial charge in [-0.05, 0) is 58.7 Å². The van der Waals surface area contributed by atoms with Crippen LogP contribution in [-0.2, 0) is 0 Å². The van der Waals surface area contributed by atoms with Gasteiger partial charge in [0.15, 0.2) is 0 Å². The summed E-state index contributed by atoms with van der Waals surface area (Å²) in [6.07, 6.45) is 4.99. The Bertz CT molecular complexity index is 1050. The lowest BCUT2D eigenvalue weighted by Crippen LogP contribution is -2.62. The molecule has 1 fully saturated rings. The van der Waals surface area contributed by atoms with Gasteiger partial charge in [-0.15, -0.1) is 10.2 Å². The SMILES string of the molecule is CN(c1ncc(-c2cc(F)c(-c3cc[nH]n3)cc2O)nn1)C1CC(C)(C)NC(C)(C)C1. The lowest BCUT2D eigenvalue weighted by molar-refractivity contribution is 0.160. The first-order valence-corrected chi connectivity index (χ1v) is 10.3. The molecule has 0 amide bonds. The van der Waals surface area contributed by atoms with Crippen molar-refractivity contribution in [1.82, 2.24) is 30.7 Å². The highest BCUT2D eigenvalue weighted by molar-refractivity contribution is 5.73. The highest BCUT2D eigenvalue weighted by Gasteiger charge is 2.39. The number of nitrogens with one attached hydrogen (secondary N) is 2. The number of benzene rings is 1. The molecule has 1 saturated heterocycles. The smallest absolute Gasteiger partial charge is 0.245 e. The van der Waals surface area contributed by atoms with E-state index in [4.69, 9.17) is 0 Å². The van der Waals surface area contributed by atoms with Crippen LogP contribution in [0.15, 0.2) is 30.6 Å². The monoisotopic (exact) mass is 425 g/mol. The van der Waals surface area contributed by atoms with Gasteiger partial charge in [-0.2, -0.15) is 5.10 Å². The summed E-state index contributed by atoms with van der Waals surface area (Å²) in [6, 6.07) is 4.44. The Hall–Kier alpha value is -3.07. The molecule has 3 aromatic rings. The first-order chi connectivity index (χ1) is 14.5. The molecule has 0 spiro atoms. The average molecular weight is 426 g/mol. The van der Waals surface area contributed by atoms with E-state index >= 15 is 0 Å². The minimum atomic E-state index is -0.512. The molecule has 0 aliphatic carbocycles. The fourth-order valence-electron chi connectivity index (χ4n) is 4.63. The molecule has 0 atom stereocenters. The van der Waals surface area contributed by atoms with Gasteiger partial charge in [-0.1, -0.05) is 0 Å². The topological polar surface area (TPSA) is 103 Å². The summed E-state index contributed by atoms with van der Waals surface area (Å²) in [7, 11) is 1.97. The molecule has 1 aliphatic rings. The Kier molecular flexibility index (Phi) is 5.17. The van der Waals surface area contributed by atoms with E-state index in [1.54, 1.807) is 12.3 Å². The Morgan fingerprint density at radius 2 is 1.77 bits per heavy atom. The predicted molar refractivity (Wildman–Crippen MR) is 117 cm³/mol. The van der Waals surface area contributed by atoms with Crippen LogP contribution in [0.4, 0.5) is 10.3 Å². The highest BCUT2D eigenvalue weighted by atomic mass is 19.1. The lowest BCUT2D eigenvalue weighted by atomic mass is 9.79. The number of aromatic amines is 1. The quantitative estimate of drug-likeness (QED) is 0.588. The van der Waals surface area contributed by atoms with E-state index in [-0.39, 0.29) is 34.0 Å². The normalized spacial score (nSPS) is 18.1. The molecule has 3 N–H and O–H groups in total. The van der Waals surface area contributed by atoms with Gasteiger partial charge >= 0.3 is 0 Å². The third kappa shape index (κ3) is 4.36. The molecule has 0 unspecified atom stereocenters. The van der Waals surface area contributed by atoms with Crippen LogP contribution in [0.1, 0.15) is 40.5 Å². The van der Waals surface area contributed by atoms with Gasteiger partial charge in [0, 0.05) is 41.5 Å². The number of hydrogen-bond acceptors (Lipinski definition) is 7. The second kappa shape index (κ2) is 7.56. The first kappa shape index (κ1) is 21.2. The number of aromatic nitrogens is 5. The molecule has 3 heterocycles. The van der Waals surface area contributed by atoms with Crippen LogP contribution in [0.2, 0.25) is 0 Å². The summed E-state index contributed by atoms with van der Waals surface area (Å²) >= 11 is 0. The van der Waals surface area contributed by atoms with Gasteiger partial charge in [0.25, 0.3) is 0 Å². The van der Waals surface area contributed by atoms with Gasteiger partial charge in [-0.25, -0.2) is 9.37 Å². The second-order valence-corrected chi connectivity index (χ2v) is 9.52. The van der Waals surface area contributed by atoms with Crippen LogP contribution in [0.5, 0.6) is 5.75 Å². The number of nitrogens with zero attached hydrogens (tertiary/aromatic N) is 5. The molecule has 2 aromatic heterocycles. The van der Waals surface area contributed by atoms with Gasteiger partial charge in [0.2, 0.25) is 5.95 Å². The van der Waals surface area contributed by atoms with Crippen LogP contribution in [0, 0.1) is 5.82 Å². The Labute approximate surface area is 180 Å². The van der Waals surface area contributed by atoms with Crippen molar-refractivity contribution in [2.24, 2.45) is 0 Å². The molecule has 1 aliphatic heterocycles. The maximum absolute atomic E-state index is 14.6. The van der Waals surface area contributed by atoms with E-state index in [1.165, 1.54) is 18.3 Å². The predicted octanol–water partition coefficient (Wildman–Crippen LogP) is 3.52. The van der Waals surface area contributed by atoms with Crippen molar-refractivity contribution in [1.29, 1.82) is 0 Å². The van der Waals surface area contributed by atoms with Gasteiger partial charge in [0.1, 0.15) is 17.3 Å². The number of phenols is 1. The zero-order valence-corrected chi connectivity index (χ0v) is 18.4. The fraction of sp³-hybridized carbons (Fsp3) is 0.455. The first-order valence-electron chi connectivity index (χ1n) is 10.3. The van der Waals surface area contributed by atoms with Crippen molar-refractivity contribution < 1.29 is 9.50 Å². The summed E-state index contributed by atoms with van der Waals surface area (Å²) < 4.78 is 14.6. The molecule has 4 rings (SSSR count). The zero-order valence-electron chi connectivity index (χ0n) is 18.4. The van der Waals surface area contributed by atoms with E-state index in [0.29, 0.717) is 17.3 Å². The standard InChI is InChI=1S/C22H28FN7O/c1-21(2)10-13(11-22(3,4)29-21)30(5)20-24-12-18(27-28-20)15-8-16(23)14(9-19(15)31)17-6-7-25-26-17/h6-9,12-13,29,31H,10-11H2,1-5H3,(H,25,26). The van der Waals surface area contributed by atoms with E-state index < -0.39 is 5.82 Å². The minimum absolute atomic E-state index is 0.00652. The number of rotatable bonds is 4. The van der Waals surface area contributed by atoms with E-state index in [2.05, 4.69) is 58.4 Å². The molecule has 0 radical (unpaired) electrons. The summed E-state index contributed by atoms with van der Waals surface area (Å²) in [4.78, 5) is 6.49. The molecule has 1 aromatic carbocycles. The molecular weight excluding hydrogens is 397 g/mol. The lowest BCUT2D eigenvalue weighted by Gasteiger charge is -2.48. The number of piperidine rings is 1. The molecule has 9 heteroatoms. The Morgan fingerprint density at radius 3 is 2.35 bits per heavy atom. The maximum Gasteiger partial charge on any atom is 0.245 e. The van der Waals surface area contributed by atoms with Crippen LogP contribution >= 0.6 is 0 Å². The third-order valence-electron chi connectivity index (χ3n) is 5.72. The highest BCUT2D eigenvalue weighted by Crippen LogP contribution is 2.35. The van der Waals surface area contributed by atoms with Crippen molar-refractivity contribution in [3.63, 3.8) is 0 Å². The van der Waals surface area contributed by atoms with Crippen molar-refractivity contribution >= 4 is 5.95 Å². The number of hydrogen-bond donors (Lipinski definition) is 3. The van der Waals surface area contributed by atoms with Gasteiger partial charge in [0.05, 0.1) is 11.9 Å². The number of halogens is 1. The van der Waals surface area contributed by atoms with E-state index in [1.807, 2.05) is 11.9 Å². The second-order valence-electron chi connectivity index (χ2n) is 9.52. The maximum atomic E-state index is 14.6. The molecule has 8 nitrogen and oxygen atoms in total. The minimum Gasteiger partial charge on any atom is -0.507 e. The van der Waals surface area contributed by atoms with Gasteiger partial charge in [-0.3, -0.25) is 5.10 Å². The van der Waals surface area contributed by atoms with Crippen molar-refractivity contribution in [3.8, 4) is 28.3 Å².